The molecule has 31 heavy (non-hydrogen) atoms. The summed E-state index contributed by atoms with van der Waals surface area (Å²) in [4.78, 5) is 34.3. The van der Waals surface area contributed by atoms with Gasteiger partial charge in [0.05, 0.1) is 6.54 Å². The van der Waals surface area contributed by atoms with Gasteiger partial charge in [0.15, 0.2) is 0 Å². The van der Waals surface area contributed by atoms with Gasteiger partial charge >= 0.3 is 6.03 Å². The summed E-state index contributed by atoms with van der Waals surface area (Å²) >= 11 is 0. The molecule has 0 unspecified atom stereocenters. The third kappa shape index (κ3) is 4.58. The van der Waals surface area contributed by atoms with Gasteiger partial charge in [-0.2, -0.15) is 0 Å². The highest BCUT2D eigenvalue weighted by Gasteiger charge is 2.36. The van der Waals surface area contributed by atoms with Gasteiger partial charge in [-0.05, 0) is 25.0 Å². The highest BCUT2D eigenvalue weighted by molar-refractivity contribution is 5.87. The molecule has 4 rings (SSSR count). The van der Waals surface area contributed by atoms with Crippen molar-refractivity contribution in [1.82, 2.24) is 19.7 Å². The number of fused-ring (bicyclic) bond motifs is 1. The summed E-state index contributed by atoms with van der Waals surface area (Å²) in [6.07, 6.45) is 4.31. The van der Waals surface area contributed by atoms with Crippen LogP contribution < -0.4 is 4.74 Å². The second kappa shape index (κ2) is 9.09. The third-order valence-electron chi connectivity index (χ3n) is 6.25. The molecule has 0 bridgehead atoms. The summed E-state index contributed by atoms with van der Waals surface area (Å²) in [6.45, 7) is 2.01. The summed E-state index contributed by atoms with van der Waals surface area (Å²) in [5.74, 6) is 0.703. The lowest BCUT2D eigenvalue weighted by atomic mass is 9.93. The van der Waals surface area contributed by atoms with Crippen LogP contribution in [-0.2, 0) is 4.79 Å². The van der Waals surface area contributed by atoms with E-state index in [1.165, 1.54) is 0 Å². The van der Waals surface area contributed by atoms with E-state index in [-0.39, 0.29) is 30.5 Å². The third-order valence-corrected chi connectivity index (χ3v) is 6.25. The Morgan fingerprint density at radius 1 is 1.10 bits per heavy atom. The van der Waals surface area contributed by atoms with E-state index in [4.69, 9.17) is 4.74 Å². The number of pyridine rings is 1. The van der Waals surface area contributed by atoms with Crippen LogP contribution in [0.1, 0.15) is 19.3 Å². The second-order valence-corrected chi connectivity index (χ2v) is 8.59. The van der Waals surface area contributed by atoms with Gasteiger partial charge in [-0.1, -0.05) is 12.1 Å². The van der Waals surface area contributed by atoms with E-state index < -0.39 is 6.10 Å². The Bertz CT molecular complexity index is 937. The van der Waals surface area contributed by atoms with Crippen LogP contribution in [0.25, 0.3) is 10.8 Å². The molecule has 166 valence electrons. The first kappa shape index (κ1) is 21.4. The zero-order valence-electron chi connectivity index (χ0n) is 18.1. The highest BCUT2D eigenvalue weighted by Crippen LogP contribution is 2.29. The molecular weight excluding hydrogens is 396 g/mol. The monoisotopic (exact) mass is 426 g/mol. The standard InChI is InChI=1S/C23H30N4O4/c1-25(2)23(30)26-11-7-16(8-12-26)22(29)27-13-9-21(19(28)15-27)31-20-5-3-4-17-14-24-10-6-18(17)20/h3-6,10,14,16,19,21,28H,7-9,11-13,15H2,1-2H3/t19-,21-/m1/s1. The number of nitrogens with zero attached hydrogens (tertiary/aromatic N) is 4. The van der Waals surface area contributed by atoms with Crippen LogP contribution >= 0.6 is 0 Å². The zero-order chi connectivity index (χ0) is 22.0. The van der Waals surface area contributed by atoms with Gasteiger partial charge in [0.25, 0.3) is 0 Å². The molecule has 8 heteroatoms. The maximum atomic E-state index is 13.0. The zero-order valence-corrected chi connectivity index (χ0v) is 18.1. The molecule has 1 aromatic carbocycles. The number of piperidine rings is 2. The van der Waals surface area contributed by atoms with Crippen molar-refractivity contribution in [3.05, 3.63) is 36.7 Å². The number of urea groups is 1. The fourth-order valence-corrected chi connectivity index (χ4v) is 4.47. The summed E-state index contributed by atoms with van der Waals surface area (Å²) in [6, 6.07) is 7.68. The van der Waals surface area contributed by atoms with Crippen LogP contribution in [0.4, 0.5) is 4.79 Å². The molecule has 3 heterocycles. The number of benzene rings is 1. The molecule has 2 saturated heterocycles. The SMILES string of the molecule is CN(C)C(=O)N1CCC(C(=O)N2CC[C@@H](Oc3cccc4cnccc34)[C@H](O)C2)CC1. The number of carbonyl (C=O) groups is 2. The van der Waals surface area contributed by atoms with E-state index >= 15 is 0 Å². The topological polar surface area (TPSA) is 86.2 Å². The largest absolute Gasteiger partial charge is 0.487 e. The minimum Gasteiger partial charge on any atom is -0.487 e. The molecule has 1 aromatic heterocycles. The number of aliphatic hydroxyl groups is 1. The van der Waals surface area contributed by atoms with Crippen molar-refractivity contribution < 1.29 is 19.4 Å². The second-order valence-electron chi connectivity index (χ2n) is 8.59. The Labute approximate surface area is 182 Å². The highest BCUT2D eigenvalue weighted by atomic mass is 16.5. The quantitative estimate of drug-likeness (QED) is 0.811. The molecule has 1 N–H and O–H groups in total. The first-order valence-corrected chi connectivity index (χ1v) is 10.9. The van der Waals surface area contributed by atoms with Crippen molar-refractivity contribution in [3.8, 4) is 5.75 Å². The molecule has 0 aliphatic carbocycles. The van der Waals surface area contributed by atoms with Crippen LogP contribution in [0.5, 0.6) is 5.75 Å². The van der Waals surface area contributed by atoms with E-state index in [2.05, 4.69) is 4.98 Å². The fourth-order valence-electron chi connectivity index (χ4n) is 4.47. The van der Waals surface area contributed by atoms with E-state index in [9.17, 15) is 14.7 Å². The van der Waals surface area contributed by atoms with Gasteiger partial charge in [-0.15, -0.1) is 0 Å². The summed E-state index contributed by atoms with van der Waals surface area (Å²) in [5.41, 5.74) is 0. The van der Waals surface area contributed by atoms with Crippen LogP contribution in [0.3, 0.4) is 0 Å². The summed E-state index contributed by atoms with van der Waals surface area (Å²) in [5, 5.41) is 12.7. The molecule has 8 nitrogen and oxygen atoms in total. The number of aromatic nitrogens is 1. The molecule has 2 aromatic rings. The summed E-state index contributed by atoms with van der Waals surface area (Å²) < 4.78 is 6.15. The Morgan fingerprint density at radius 2 is 1.84 bits per heavy atom. The normalized spacial score (nSPS) is 22.4. The molecule has 0 radical (unpaired) electrons. The Morgan fingerprint density at radius 3 is 2.55 bits per heavy atom. The lowest BCUT2D eigenvalue weighted by molar-refractivity contribution is -0.142. The van der Waals surface area contributed by atoms with Gasteiger partial charge in [-0.25, -0.2) is 4.79 Å². The number of carbonyl (C=O) groups excluding carboxylic acids is 2. The van der Waals surface area contributed by atoms with Gasteiger partial charge in [0.1, 0.15) is 18.0 Å². The van der Waals surface area contributed by atoms with Crippen LogP contribution in [0.15, 0.2) is 36.7 Å². The van der Waals surface area contributed by atoms with Crippen LogP contribution in [0, 0.1) is 5.92 Å². The lowest BCUT2D eigenvalue weighted by Gasteiger charge is -2.39. The average Bonchev–Trinajstić information content (AvgIpc) is 2.79. The van der Waals surface area contributed by atoms with Gasteiger partial charge in [0, 0.05) is 69.2 Å². The Kier molecular flexibility index (Phi) is 6.27. The summed E-state index contributed by atoms with van der Waals surface area (Å²) in [7, 11) is 3.48. The number of ether oxygens (including phenoxy) is 1. The molecule has 2 aliphatic rings. The molecule has 2 atom stereocenters. The van der Waals surface area contributed by atoms with Crippen LogP contribution in [0.2, 0.25) is 0 Å². The lowest BCUT2D eigenvalue weighted by Crippen LogP contribution is -2.53. The molecule has 0 saturated carbocycles. The average molecular weight is 427 g/mol. The first-order valence-electron chi connectivity index (χ1n) is 10.9. The number of aliphatic hydroxyl groups excluding tert-OH is 1. The molecular formula is C23H30N4O4. The number of β-amino-alcohol motifs (C(OH)–C–C–N with tert-alkyl or cyclic N) is 1. The predicted octanol–water partition coefficient (Wildman–Crippen LogP) is 1.97. The number of amides is 3. The minimum absolute atomic E-state index is 0.0106. The molecule has 3 amide bonds. The van der Waals surface area contributed by atoms with Gasteiger partial charge < -0.3 is 24.5 Å². The van der Waals surface area contributed by atoms with Crippen molar-refractivity contribution in [3.63, 3.8) is 0 Å². The fraction of sp³-hybridized carbons (Fsp3) is 0.522. The number of rotatable bonds is 3. The van der Waals surface area contributed by atoms with E-state index in [1.807, 2.05) is 24.3 Å². The van der Waals surface area contributed by atoms with Crippen molar-refractivity contribution >= 4 is 22.7 Å². The molecule has 0 spiro atoms. The van der Waals surface area contributed by atoms with E-state index in [1.54, 1.807) is 41.2 Å². The van der Waals surface area contributed by atoms with Gasteiger partial charge in [-0.3, -0.25) is 9.78 Å². The first-order chi connectivity index (χ1) is 14.9. The Hall–Kier alpha value is -2.87. The number of likely N-dealkylation sites (tertiary alicyclic amines) is 2. The predicted molar refractivity (Wildman–Crippen MR) is 117 cm³/mol. The smallest absolute Gasteiger partial charge is 0.319 e. The molecule has 2 aliphatic heterocycles. The van der Waals surface area contributed by atoms with Crippen molar-refractivity contribution in [1.29, 1.82) is 0 Å². The van der Waals surface area contributed by atoms with Crippen LogP contribution in [-0.4, -0.2) is 89.2 Å². The van der Waals surface area contributed by atoms with Crippen molar-refractivity contribution in [2.75, 3.05) is 40.3 Å². The molecule has 2 fully saturated rings. The van der Waals surface area contributed by atoms with Crippen molar-refractivity contribution in [2.24, 2.45) is 5.92 Å². The van der Waals surface area contributed by atoms with Gasteiger partial charge in [0.2, 0.25) is 5.91 Å². The minimum atomic E-state index is -0.745. The van der Waals surface area contributed by atoms with E-state index in [0.29, 0.717) is 38.9 Å². The Balaban J connectivity index is 1.33. The number of hydrogen-bond donors (Lipinski definition) is 1. The maximum Gasteiger partial charge on any atom is 0.319 e. The number of hydrogen-bond acceptors (Lipinski definition) is 5. The maximum absolute atomic E-state index is 13.0. The van der Waals surface area contributed by atoms with Crippen molar-refractivity contribution in [2.45, 2.75) is 31.5 Å². The van der Waals surface area contributed by atoms with E-state index in [0.717, 1.165) is 16.5 Å².